The third kappa shape index (κ3) is 3.57. The Morgan fingerprint density at radius 3 is 2.38 bits per heavy atom. The van der Waals surface area contributed by atoms with Gasteiger partial charge in [0.05, 0.1) is 5.54 Å². The van der Waals surface area contributed by atoms with E-state index in [1.54, 1.807) is 0 Å². The molecule has 0 fully saturated rings. The van der Waals surface area contributed by atoms with Crippen molar-refractivity contribution in [3.63, 3.8) is 0 Å². The molecule has 0 aliphatic carbocycles. The van der Waals surface area contributed by atoms with Crippen LogP contribution < -0.4 is 5.73 Å². The molecule has 0 unspecified atom stereocenters. The second kappa shape index (κ2) is 5.41. The normalized spacial score (nSPS) is 12.4. The molecule has 1 rings (SSSR count). The Balaban J connectivity index is 2.53. The zero-order valence-corrected chi connectivity index (χ0v) is 10.7. The maximum absolute atomic E-state index is 5.87. The van der Waals surface area contributed by atoms with Crippen molar-refractivity contribution < 1.29 is 4.52 Å². The van der Waals surface area contributed by atoms with Gasteiger partial charge < -0.3 is 15.2 Å². The molecule has 0 bridgehead atoms. The van der Waals surface area contributed by atoms with Crippen LogP contribution >= 0.6 is 0 Å². The van der Waals surface area contributed by atoms with Crippen LogP contribution in [0.1, 0.15) is 39.4 Å². The molecule has 0 aliphatic heterocycles. The van der Waals surface area contributed by atoms with E-state index in [-0.39, 0.29) is 0 Å². The largest absolute Gasteiger partial charge is 0.337 e. The van der Waals surface area contributed by atoms with Crippen LogP contribution in [0.3, 0.4) is 0 Å². The molecular formula is C11H22N4O. The minimum absolute atomic E-state index is 0.502. The number of likely N-dealkylation sites (N-methyl/N-ethyl adjacent to an activating group) is 1. The summed E-state index contributed by atoms with van der Waals surface area (Å²) in [6.45, 7) is 11.1. The first-order chi connectivity index (χ1) is 7.47. The van der Waals surface area contributed by atoms with Gasteiger partial charge in [-0.1, -0.05) is 19.0 Å². The van der Waals surface area contributed by atoms with Crippen molar-refractivity contribution in [2.45, 2.75) is 39.7 Å². The summed E-state index contributed by atoms with van der Waals surface area (Å²) in [4.78, 5) is 6.62. The van der Waals surface area contributed by atoms with Gasteiger partial charge in [0.25, 0.3) is 0 Å². The summed E-state index contributed by atoms with van der Waals surface area (Å²) in [5.41, 5.74) is 5.32. The summed E-state index contributed by atoms with van der Waals surface area (Å²) in [5, 5.41) is 3.93. The molecule has 0 amide bonds. The summed E-state index contributed by atoms with van der Waals surface area (Å²) < 4.78 is 5.12. The van der Waals surface area contributed by atoms with Gasteiger partial charge in [-0.2, -0.15) is 4.98 Å². The van der Waals surface area contributed by atoms with Crippen LogP contribution in [0.15, 0.2) is 4.52 Å². The molecule has 5 heteroatoms. The SMILES string of the molecule is CCN(CC)CCc1noc(C(C)(C)N)n1. The van der Waals surface area contributed by atoms with Crippen molar-refractivity contribution in [1.82, 2.24) is 15.0 Å². The fraction of sp³-hybridized carbons (Fsp3) is 0.818. The van der Waals surface area contributed by atoms with Crippen molar-refractivity contribution in [2.24, 2.45) is 5.73 Å². The Hall–Kier alpha value is -0.940. The minimum atomic E-state index is -0.555. The van der Waals surface area contributed by atoms with Crippen LogP contribution in [-0.2, 0) is 12.0 Å². The van der Waals surface area contributed by atoms with Gasteiger partial charge in [-0.05, 0) is 26.9 Å². The van der Waals surface area contributed by atoms with Gasteiger partial charge in [0.2, 0.25) is 5.89 Å². The molecule has 0 saturated heterocycles. The van der Waals surface area contributed by atoms with Gasteiger partial charge in [-0.25, -0.2) is 0 Å². The quantitative estimate of drug-likeness (QED) is 0.788. The number of nitrogens with two attached hydrogens (primary N) is 1. The highest BCUT2D eigenvalue weighted by Gasteiger charge is 2.22. The first-order valence-corrected chi connectivity index (χ1v) is 5.81. The highest BCUT2D eigenvalue weighted by molar-refractivity contribution is 4.97. The Kier molecular flexibility index (Phi) is 4.44. The second-order valence-corrected chi connectivity index (χ2v) is 4.51. The molecule has 0 atom stereocenters. The van der Waals surface area contributed by atoms with Crippen molar-refractivity contribution in [3.8, 4) is 0 Å². The number of hydrogen-bond acceptors (Lipinski definition) is 5. The van der Waals surface area contributed by atoms with E-state index >= 15 is 0 Å². The maximum atomic E-state index is 5.87. The predicted molar refractivity (Wildman–Crippen MR) is 63.0 cm³/mol. The topological polar surface area (TPSA) is 68.2 Å². The average molecular weight is 226 g/mol. The standard InChI is InChI=1S/C11H22N4O/c1-5-15(6-2)8-7-9-13-10(16-14-9)11(3,4)12/h5-8,12H2,1-4H3. The lowest BCUT2D eigenvalue weighted by Crippen LogP contribution is -2.29. The van der Waals surface area contributed by atoms with Crippen LogP contribution in [0.4, 0.5) is 0 Å². The van der Waals surface area contributed by atoms with Crippen LogP contribution in [0.2, 0.25) is 0 Å². The molecule has 0 aromatic carbocycles. The van der Waals surface area contributed by atoms with Gasteiger partial charge in [-0.3, -0.25) is 0 Å². The third-order valence-electron chi connectivity index (χ3n) is 2.57. The maximum Gasteiger partial charge on any atom is 0.246 e. The molecule has 16 heavy (non-hydrogen) atoms. The summed E-state index contributed by atoms with van der Waals surface area (Å²) in [6.07, 6.45) is 0.807. The summed E-state index contributed by atoms with van der Waals surface area (Å²) in [7, 11) is 0. The number of rotatable bonds is 6. The van der Waals surface area contributed by atoms with Gasteiger partial charge in [0, 0.05) is 13.0 Å². The Bertz CT molecular complexity index is 312. The summed E-state index contributed by atoms with van der Waals surface area (Å²) >= 11 is 0. The first-order valence-electron chi connectivity index (χ1n) is 5.81. The van der Waals surface area contributed by atoms with E-state index in [0.29, 0.717) is 5.89 Å². The number of nitrogens with zero attached hydrogens (tertiary/aromatic N) is 3. The zero-order chi connectivity index (χ0) is 12.2. The van der Waals surface area contributed by atoms with E-state index in [9.17, 15) is 0 Å². The van der Waals surface area contributed by atoms with E-state index in [0.717, 1.165) is 31.9 Å². The molecule has 0 spiro atoms. The smallest absolute Gasteiger partial charge is 0.246 e. The zero-order valence-electron chi connectivity index (χ0n) is 10.7. The van der Waals surface area contributed by atoms with Crippen molar-refractivity contribution in [2.75, 3.05) is 19.6 Å². The highest BCUT2D eigenvalue weighted by Crippen LogP contribution is 2.13. The molecule has 0 aliphatic rings. The van der Waals surface area contributed by atoms with Crippen molar-refractivity contribution in [1.29, 1.82) is 0 Å². The fourth-order valence-corrected chi connectivity index (χ4v) is 1.42. The van der Waals surface area contributed by atoms with E-state index in [1.165, 1.54) is 0 Å². The monoisotopic (exact) mass is 226 g/mol. The number of hydrogen-bond donors (Lipinski definition) is 1. The Morgan fingerprint density at radius 2 is 1.94 bits per heavy atom. The second-order valence-electron chi connectivity index (χ2n) is 4.51. The molecule has 92 valence electrons. The summed E-state index contributed by atoms with van der Waals surface area (Å²) in [6, 6.07) is 0. The molecule has 1 aromatic rings. The van der Waals surface area contributed by atoms with Crippen molar-refractivity contribution >= 4 is 0 Å². The molecule has 0 saturated carbocycles. The molecule has 2 N–H and O–H groups in total. The lowest BCUT2D eigenvalue weighted by atomic mass is 10.1. The average Bonchev–Trinajstić information content (AvgIpc) is 2.67. The molecule has 1 aromatic heterocycles. The number of aromatic nitrogens is 2. The first kappa shape index (κ1) is 13.1. The van der Waals surface area contributed by atoms with E-state index < -0.39 is 5.54 Å². The molecular weight excluding hydrogens is 204 g/mol. The third-order valence-corrected chi connectivity index (χ3v) is 2.57. The van der Waals surface area contributed by atoms with Crippen LogP contribution in [0, 0.1) is 0 Å². The van der Waals surface area contributed by atoms with Crippen LogP contribution in [0.25, 0.3) is 0 Å². The van der Waals surface area contributed by atoms with Crippen LogP contribution in [0.5, 0.6) is 0 Å². The summed E-state index contributed by atoms with van der Waals surface area (Å²) in [5.74, 6) is 1.24. The molecule has 5 nitrogen and oxygen atoms in total. The van der Waals surface area contributed by atoms with Gasteiger partial charge in [0.15, 0.2) is 5.82 Å². The predicted octanol–water partition coefficient (Wildman–Crippen LogP) is 1.15. The minimum Gasteiger partial charge on any atom is -0.337 e. The lowest BCUT2D eigenvalue weighted by molar-refractivity contribution is 0.297. The highest BCUT2D eigenvalue weighted by atomic mass is 16.5. The van der Waals surface area contributed by atoms with E-state index in [2.05, 4.69) is 28.9 Å². The van der Waals surface area contributed by atoms with Gasteiger partial charge in [-0.15, -0.1) is 0 Å². The van der Waals surface area contributed by atoms with Crippen LogP contribution in [-0.4, -0.2) is 34.7 Å². The molecule has 1 heterocycles. The van der Waals surface area contributed by atoms with Gasteiger partial charge in [0.1, 0.15) is 0 Å². The van der Waals surface area contributed by atoms with Crippen molar-refractivity contribution in [3.05, 3.63) is 11.7 Å². The lowest BCUT2D eigenvalue weighted by Gasteiger charge is -2.16. The molecule has 0 radical (unpaired) electrons. The Labute approximate surface area is 97.0 Å². The van der Waals surface area contributed by atoms with Gasteiger partial charge >= 0.3 is 0 Å². The van der Waals surface area contributed by atoms with E-state index in [4.69, 9.17) is 10.3 Å². The van der Waals surface area contributed by atoms with E-state index in [1.807, 2.05) is 13.8 Å². The fourth-order valence-electron chi connectivity index (χ4n) is 1.42. The Morgan fingerprint density at radius 1 is 1.31 bits per heavy atom.